The fourth-order valence-electron chi connectivity index (χ4n) is 1.71. The van der Waals surface area contributed by atoms with E-state index in [1.165, 1.54) is 23.3 Å². The van der Waals surface area contributed by atoms with Crippen LogP contribution in [0.5, 0.6) is 0 Å². The quantitative estimate of drug-likeness (QED) is 0.820. The van der Waals surface area contributed by atoms with Crippen LogP contribution in [0.15, 0.2) is 6.07 Å². The molecule has 0 spiro atoms. The number of nitrogens with zero attached hydrogens (tertiary/aromatic N) is 1. The van der Waals surface area contributed by atoms with Crippen LogP contribution in [0.1, 0.15) is 26.5 Å². The molecule has 1 rings (SSSR count). The molecule has 1 aromatic rings. The van der Waals surface area contributed by atoms with E-state index < -0.39 is 12.7 Å². The van der Waals surface area contributed by atoms with Gasteiger partial charge in [0.05, 0.1) is 11.4 Å². The van der Waals surface area contributed by atoms with Crippen LogP contribution in [0.3, 0.4) is 0 Å². The lowest BCUT2D eigenvalue weighted by atomic mass is 10.3. The van der Waals surface area contributed by atoms with Crippen molar-refractivity contribution in [3.05, 3.63) is 21.4 Å². The van der Waals surface area contributed by atoms with E-state index in [-0.39, 0.29) is 5.91 Å². The Morgan fingerprint density at radius 1 is 1.40 bits per heavy atom. The standard InChI is InChI=1S/C13H19F3N2OS/c1-9-7-11(20-10(9)2)12(19)17-5-4-6-18(3)8-13(14,15)16/h7H,4-6,8H2,1-3H3,(H,17,19). The molecule has 1 amide bonds. The van der Waals surface area contributed by atoms with Crippen LogP contribution in [-0.4, -0.2) is 43.7 Å². The summed E-state index contributed by atoms with van der Waals surface area (Å²) in [7, 11) is 1.42. The van der Waals surface area contributed by atoms with Crippen molar-refractivity contribution in [2.24, 2.45) is 0 Å². The van der Waals surface area contributed by atoms with Crippen molar-refractivity contribution in [2.75, 3.05) is 26.7 Å². The number of hydrogen-bond acceptors (Lipinski definition) is 3. The molecule has 0 aliphatic carbocycles. The van der Waals surface area contributed by atoms with Crippen LogP contribution in [0, 0.1) is 13.8 Å². The molecule has 0 fully saturated rings. The van der Waals surface area contributed by atoms with Gasteiger partial charge in [0, 0.05) is 11.4 Å². The third-order valence-corrected chi connectivity index (χ3v) is 3.99. The predicted molar refractivity (Wildman–Crippen MR) is 74.3 cm³/mol. The van der Waals surface area contributed by atoms with Gasteiger partial charge in [-0.05, 0) is 45.5 Å². The maximum absolute atomic E-state index is 12.1. The van der Waals surface area contributed by atoms with E-state index in [1.54, 1.807) is 0 Å². The molecule has 114 valence electrons. The van der Waals surface area contributed by atoms with Gasteiger partial charge >= 0.3 is 6.18 Å². The molecule has 1 heterocycles. The minimum absolute atomic E-state index is 0.162. The fourth-order valence-corrected chi connectivity index (χ4v) is 2.66. The summed E-state index contributed by atoms with van der Waals surface area (Å²) < 4.78 is 36.3. The maximum atomic E-state index is 12.1. The number of rotatable bonds is 6. The number of thiophene rings is 1. The van der Waals surface area contributed by atoms with Crippen molar-refractivity contribution < 1.29 is 18.0 Å². The van der Waals surface area contributed by atoms with Crippen molar-refractivity contribution in [1.82, 2.24) is 10.2 Å². The van der Waals surface area contributed by atoms with Gasteiger partial charge in [0.2, 0.25) is 0 Å². The highest BCUT2D eigenvalue weighted by Crippen LogP contribution is 2.20. The number of halogens is 3. The van der Waals surface area contributed by atoms with Crippen LogP contribution in [0.25, 0.3) is 0 Å². The summed E-state index contributed by atoms with van der Waals surface area (Å²) >= 11 is 1.42. The molecule has 0 radical (unpaired) electrons. The molecule has 7 heteroatoms. The lowest BCUT2D eigenvalue weighted by Crippen LogP contribution is -2.33. The lowest BCUT2D eigenvalue weighted by Gasteiger charge is -2.18. The molecule has 3 nitrogen and oxygen atoms in total. The summed E-state index contributed by atoms with van der Waals surface area (Å²) in [4.78, 5) is 14.7. The van der Waals surface area contributed by atoms with Gasteiger partial charge < -0.3 is 5.32 Å². The molecule has 0 aliphatic rings. The second-order valence-electron chi connectivity index (χ2n) is 4.81. The second kappa shape index (κ2) is 7.08. The smallest absolute Gasteiger partial charge is 0.351 e. The molecular weight excluding hydrogens is 289 g/mol. The number of carbonyl (C=O) groups is 1. The van der Waals surface area contributed by atoms with Gasteiger partial charge in [0.25, 0.3) is 5.91 Å². The Bertz CT molecular complexity index is 437. The third-order valence-electron chi connectivity index (χ3n) is 2.84. The minimum Gasteiger partial charge on any atom is -0.351 e. The first kappa shape index (κ1) is 17.0. The number of carbonyl (C=O) groups excluding carboxylic acids is 1. The molecular formula is C13H19F3N2OS. The van der Waals surface area contributed by atoms with E-state index in [0.717, 1.165) is 10.4 Å². The Kier molecular flexibility index (Phi) is 6.01. The Hall–Kier alpha value is -1.08. The Labute approximate surface area is 120 Å². The zero-order valence-electron chi connectivity index (χ0n) is 11.8. The summed E-state index contributed by atoms with van der Waals surface area (Å²) in [6, 6.07) is 1.82. The third kappa shape index (κ3) is 5.92. The van der Waals surface area contributed by atoms with Crippen molar-refractivity contribution in [2.45, 2.75) is 26.4 Å². The first-order valence-electron chi connectivity index (χ1n) is 6.29. The summed E-state index contributed by atoms with van der Waals surface area (Å²) in [6.45, 7) is 3.63. The lowest BCUT2D eigenvalue weighted by molar-refractivity contribution is -0.143. The SMILES string of the molecule is Cc1cc(C(=O)NCCCN(C)CC(F)(F)F)sc1C. The molecule has 1 N–H and O–H groups in total. The Morgan fingerprint density at radius 2 is 2.05 bits per heavy atom. The molecule has 0 bridgehead atoms. The summed E-state index contributed by atoms with van der Waals surface area (Å²) in [5.74, 6) is -0.162. The highest BCUT2D eigenvalue weighted by Gasteiger charge is 2.28. The van der Waals surface area contributed by atoms with Gasteiger partial charge in [-0.2, -0.15) is 13.2 Å². The number of alkyl halides is 3. The number of hydrogen-bond donors (Lipinski definition) is 1. The van der Waals surface area contributed by atoms with E-state index in [9.17, 15) is 18.0 Å². The van der Waals surface area contributed by atoms with E-state index in [4.69, 9.17) is 0 Å². The predicted octanol–water partition coefficient (Wildman–Crippen LogP) is 2.98. The molecule has 0 aliphatic heterocycles. The van der Waals surface area contributed by atoms with Gasteiger partial charge in [-0.25, -0.2) is 0 Å². The average Bonchev–Trinajstić information content (AvgIpc) is 2.63. The largest absolute Gasteiger partial charge is 0.401 e. The topological polar surface area (TPSA) is 32.3 Å². The molecule has 0 saturated carbocycles. The van der Waals surface area contributed by atoms with Gasteiger partial charge in [-0.15, -0.1) is 11.3 Å². The molecule has 0 saturated heterocycles. The Morgan fingerprint density at radius 3 is 2.55 bits per heavy atom. The van der Waals surface area contributed by atoms with Crippen LogP contribution in [-0.2, 0) is 0 Å². The maximum Gasteiger partial charge on any atom is 0.401 e. The van der Waals surface area contributed by atoms with Crippen LogP contribution < -0.4 is 5.32 Å². The highest BCUT2D eigenvalue weighted by molar-refractivity contribution is 7.14. The second-order valence-corrected chi connectivity index (χ2v) is 6.07. The van der Waals surface area contributed by atoms with E-state index in [2.05, 4.69) is 5.32 Å². The van der Waals surface area contributed by atoms with Gasteiger partial charge in [-0.3, -0.25) is 9.69 Å². The van der Waals surface area contributed by atoms with E-state index >= 15 is 0 Å². The molecule has 0 unspecified atom stereocenters. The van der Waals surface area contributed by atoms with Gasteiger partial charge in [0.1, 0.15) is 0 Å². The summed E-state index contributed by atoms with van der Waals surface area (Å²) in [6.07, 6.45) is -3.69. The Balaban J connectivity index is 2.26. The number of amides is 1. The number of nitrogens with one attached hydrogen (secondary N) is 1. The monoisotopic (exact) mass is 308 g/mol. The average molecular weight is 308 g/mol. The van der Waals surface area contributed by atoms with Crippen LogP contribution >= 0.6 is 11.3 Å². The van der Waals surface area contributed by atoms with Gasteiger partial charge in [0.15, 0.2) is 0 Å². The molecule has 20 heavy (non-hydrogen) atoms. The fraction of sp³-hybridized carbons (Fsp3) is 0.615. The van der Waals surface area contributed by atoms with E-state index in [1.807, 2.05) is 19.9 Å². The zero-order valence-corrected chi connectivity index (χ0v) is 12.6. The molecule has 0 aromatic carbocycles. The first-order chi connectivity index (χ1) is 9.19. The van der Waals surface area contributed by atoms with Crippen molar-refractivity contribution in [3.8, 4) is 0 Å². The zero-order chi connectivity index (χ0) is 15.3. The first-order valence-corrected chi connectivity index (χ1v) is 7.11. The summed E-state index contributed by atoms with van der Waals surface area (Å²) in [5.41, 5.74) is 1.07. The van der Waals surface area contributed by atoms with E-state index in [0.29, 0.717) is 24.4 Å². The summed E-state index contributed by atoms with van der Waals surface area (Å²) in [5, 5.41) is 2.72. The normalized spacial score (nSPS) is 11.9. The highest BCUT2D eigenvalue weighted by atomic mass is 32.1. The molecule has 0 atom stereocenters. The minimum atomic E-state index is -4.18. The van der Waals surface area contributed by atoms with Gasteiger partial charge in [-0.1, -0.05) is 0 Å². The van der Waals surface area contributed by atoms with Crippen molar-refractivity contribution >= 4 is 17.2 Å². The van der Waals surface area contributed by atoms with Crippen molar-refractivity contribution in [1.29, 1.82) is 0 Å². The van der Waals surface area contributed by atoms with Crippen LogP contribution in [0.4, 0.5) is 13.2 Å². The van der Waals surface area contributed by atoms with Crippen LogP contribution in [0.2, 0.25) is 0 Å². The number of aryl methyl sites for hydroxylation is 2. The molecule has 1 aromatic heterocycles. The van der Waals surface area contributed by atoms with Crippen molar-refractivity contribution in [3.63, 3.8) is 0 Å².